The third kappa shape index (κ3) is 4.69. The molecule has 0 spiro atoms. The molecule has 0 saturated carbocycles. The molecular weight excluding hydrogens is 426 g/mol. The molecule has 0 atom stereocenters. The highest BCUT2D eigenvalue weighted by atomic mass is 32.1. The van der Waals surface area contributed by atoms with Crippen molar-refractivity contribution in [1.82, 2.24) is 5.32 Å². The molecule has 0 radical (unpaired) electrons. The van der Waals surface area contributed by atoms with Gasteiger partial charge >= 0.3 is 6.09 Å². The molecule has 1 aliphatic rings. The van der Waals surface area contributed by atoms with Crippen LogP contribution in [0.25, 0.3) is 21.6 Å². The van der Waals surface area contributed by atoms with E-state index < -0.39 is 6.09 Å². The van der Waals surface area contributed by atoms with Crippen molar-refractivity contribution in [2.75, 3.05) is 13.2 Å². The average Bonchev–Trinajstić information content (AvgIpc) is 3.46. The van der Waals surface area contributed by atoms with Crippen LogP contribution < -0.4 is 5.32 Å². The standard InChI is InChI=1S/C29H23NO2S/c31-29(30-19-9-8-12-22-17-18-28(33-22)21-10-2-1-3-11-21)32-20-27-25-15-6-4-13-23(25)24-14-5-7-16-26(24)27/h1-7,10-11,13-18,27H,9,19-20H2,(H,30,31). The SMILES string of the molecule is O=C(NCCC#Cc1ccc(-c2ccccc2)s1)OCC1c2ccccc2-c2ccccc21. The molecule has 4 aromatic rings. The van der Waals surface area contributed by atoms with E-state index in [0.29, 0.717) is 19.6 Å². The Morgan fingerprint density at radius 1 is 0.848 bits per heavy atom. The van der Waals surface area contributed by atoms with Crippen LogP contribution >= 0.6 is 11.3 Å². The molecule has 4 heteroatoms. The van der Waals surface area contributed by atoms with Gasteiger partial charge in [-0.2, -0.15) is 0 Å². The van der Waals surface area contributed by atoms with E-state index >= 15 is 0 Å². The second-order valence-electron chi connectivity index (χ2n) is 7.83. The van der Waals surface area contributed by atoms with Crippen LogP contribution in [-0.4, -0.2) is 19.2 Å². The van der Waals surface area contributed by atoms with Crippen molar-refractivity contribution < 1.29 is 9.53 Å². The van der Waals surface area contributed by atoms with Crippen molar-refractivity contribution in [2.24, 2.45) is 0 Å². The van der Waals surface area contributed by atoms with Crippen LogP contribution in [0, 0.1) is 11.8 Å². The molecule has 0 aliphatic heterocycles. The maximum atomic E-state index is 12.2. The van der Waals surface area contributed by atoms with Crippen LogP contribution in [0.1, 0.15) is 28.3 Å². The number of hydrogen-bond acceptors (Lipinski definition) is 3. The number of nitrogens with one attached hydrogen (secondary N) is 1. The van der Waals surface area contributed by atoms with Gasteiger partial charge in [0.1, 0.15) is 6.61 Å². The zero-order valence-electron chi connectivity index (χ0n) is 18.1. The van der Waals surface area contributed by atoms with E-state index in [4.69, 9.17) is 4.74 Å². The number of hydrogen-bond donors (Lipinski definition) is 1. The van der Waals surface area contributed by atoms with E-state index in [0.717, 1.165) is 4.88 Å². The van der Waals surface area contributed by atoms with Gasteiger partial charge in [0, 0.05) is 23.8 Å². The number of carbonyl (C=O) groups is 1. The van der Waals surface area contributed by atoms with Gasteiger partial charge in [0.25, 0.3) is 0 Å². The molecule has 1 aliphatic carbocycles. The summed E-state index contributed by atoms with van der Waals surface area (Å²) in [5.41, 5.74) is 6.07. The largest absolute Gasteiger partial charge is 0.449 e. The second-order valence-corrected chi connectivity index (χ2v) is 8.92. The number of fused-ring (bicyclic) bond motifs is 3. The van der Waals surface area contributed by atoms with Gasteiger partial charge in [-0.1, -0.05) is 90.7 Å². The highest BCUT2D eigenvalue weighted by molar-refractivity contribution is 7.16. The Morgan fingerprint density at radius 3 is 2.24 bits per heavy atom. The summed E-state index contributed by atoms with van der Waals surface area (Å²) in [4.78, 5) is 14.5. The summed E-state index contributed by atoms with van der Waals surface area (Å²) in [6, 6.07) is 31.1. The molecule has 1 heterocycles. The quantitative estimate of drug-likeness (QED) is 0.272. The number of thiophene rings is 1. The zero-order chi connectivity index (χ0) is 22.5. The number of amides is 1. The molecule has 5 rings (SSSR count). The van der Waals surface area contributed by atoms with Gasteiger partial charge in [0.15, 0.2) is 0 Å². The number of alkyl carbamates (subject to hydrolysis) is 1. The Morgan fingerprint density at radius 2 is 1.52 bits per heavy atom. The lowest BCUT2D eigenvalue weighted by Crippen LogP contribution is -2.26. The smallest absolute Gasteiger partial charge is 0.407 e. The average molecular weight is 450 g/mol. The topological polar surface area (TPSA) is 38.3 Å². The van der Waals surface area contributed by atoms with E-state index in [-0.39, 0.29) is 5.92 Å². The van der Waals surface area contributed by atoms with Gasteiger partial charge in [0.05, 0.1) is 4.88 Å². The Hall–Kier alpha value is -3.81. The summed E-state index contributed by atoms with van der Waals surface area (Å²) in [7, 11) is 0. The van der Waals surface area contributed by atoms with E-state index in [1.54, 1.807) is 11.3 Å². The van der Waals surface area contributed by atoms with Gasteiger partial charge in [0.2, 0.25) is 0 Å². The number of carbonyl (C=O) groups excluding carboxylic acids is 1. The first-order valence-corrected chi connectivity index (χ1v) is 11.8. The van der Waals surface area contributed by atoms with E-state index in [2.05, 4.69) is 59.6 Å². The molecule has 0 saturated heterocycles. The fourth-order valence-electron chi connectivity index (χ4n) is 4.19. The summed E-state index contributed by atoms with van der Waals surface area (Å²) in [5, 5.41) is 2.81. The molecule has 3 aromatic carbocycles. The van der Waals surface area contributed by atoms with Crippen molar-refractivity contribution >= 4 is 17.4 Å². The molecule has 33 heavy (non-hydrogen) atoms. The molecule has 0 fully saturated rings. The molecule has 1 aromatic heterocycles. The number of benzene rings is 3. The van der Waals surface area contributed by atoms with Crippen LogP contribution in [0.3, 0.4) is 0 Å². The summed E-state index contributed by atoms with van der Waals surface area (Å²) in [6.45, 7) is 0.781. The minimum absolute atomic E-state index is 0.0700. The third-order valence-corrected chi connectivity index (χ3v) is 6.79. The lowest BCUT2D eigenvalue weighted by Gasteiger charge is -2.14. The molecule has 0 bridgehead atoms. The predicted octanol–water partition coefficient (Wildman–Crippen LogP) is 6.70. The van der Waals surface area contributed by atoms with E-state index in [9.17, 15) is 4.79 Å². The maximum Gasteiger partial charge on any atom is 0.407 e. The molecule has 0 unspecified atom stereocenters. The van der Waals surface area contributed by atoms with Crippen LogP contribution in [0.4, 0.5) is 4.79 Å². The minimum Gasteiger partial charge on any atom is -0.449 e. The lowest BCUT2D eigenvalue weighted by atomic mass is 9.98. The van der Waals surface area contributed by atoms with Gasteiger partial charge in [-0.25, -0.2) is 4.79 Å². The van der Waals surface area contributed by atoms with Crippen LogP contribution in [0.15, 0.2) is 91.0 Å². The van der Waals surface area contributed by atoms with Crippen LogP contribution in [0.2, 0.25) is 0 Å². The van der Waals surface area contributed by atoms with Gasteiger partial charge < -0.3 is 10.1 Å². The first-order chi connectivity index (χ1) is 16.3. The summed E-state index contributed by atoms with van der Waals surface area (Å²) < 4.78 is 5.56. The first kappa shape index (κ1) is 21.1. The van der Waals surface area contributed by atoms with Gasteiger partial charge in [-0.3, -0.25) is 0 Å². The molecule has 162 valence electrons. The fraction of sp³-hybridized carbons (Fsp3) is 0.138. The molecular formula is C29H23NO2S. The molecule has 1 amide bonds. The van der Waals surface area contributed by atoms with E-state index in [1.807, 2.05) is 48.5 Å². The van der Waals surface area contributed by atoms with Crippen molar-refractivity contribution in [2.45, 2.75) is 12.3 Å². The summed E-state index contributed by atoms with van der Waals surface area (Å²) in [5.74, 6) is 6.39. The number of rotatable bonds is 5. The third-order valence-electron chi connectivity index (χ3n) is 5.74. The summed E-state index contributed by atoms with van der Waals surface area (Å²) >= 11 is 1.68. The monoisotopic (exact) mass is 449 g/mol. The highest BCUT2D eigenvalue weighted by Crippen LogP contribution is 2.44. The van der Waals surface area contributed by atoms with Crippen LogP contribution in [-0.2, 0) is 4.74 Å². The van der Waals surface area contributed by atoms with Crippen molar-refractivity contribution in [3.05, 3.63) is 107 Å². The minimum atomic E-state index is -0.402. The van der Waals surface area contributed by atoms with Crippen molar-refractivity contribution in [3.63, 3.8) is 0 Å². The van der Waals surface area contributed by atoms with Crippen molar-refractivity contribution in [1.29, 1.82) is 0 Å². The maximum absolute atomic E-state index is 12.2. The first-order valence-electron chi connectivity index (χ1n) is 11.0. The Balaban J connectivity index is 1.11. The van der Waals surface area contributed by atoms with Gasteiger partial charge in [-0.15, -0.1) is 11.3 Å². The number of ether oxygens (including phenoxy) is 1. The Labute approximate surface area is 198 Å². The highest BCUT2D eigenvalue weighted by Gasteiger charge is 2.28. The van der Waals surface area contributed by atoms with E-state index in [1.165, 1.54) is 32.7 Å². The van der Waals surface area contributed by atoms with Crippen molar-refractivity contribution in [3.8, 4) is 33.4 Å². The summed E-state index contributed by atoms with van der Waals surface area (Å²) in [6.07, 6.45) is 0.170. The van der Waals surface area contributed by atoms with Gasteiger partial charge in [-0.05, 0) is 39.9 Å². The second kappa shape index (κ2) is 9.77. The zero-order valence-corrected chi connectivity index (χ0v) is 18.9. The Bertz CT molecular complexity index is 1280. The fourth-order valence-corrected chi connectivity index (χ4v) is 5.07. The lowest BCUT2D eigenvalue weighted by molar-refractivity contribution is 0.143. The van der Waals surface area contributed by atoms with Crippen LogP contribution in [0.5, 0.6) is 0 Å². The predicted molar refractivity (Wildman–Crippen MR) is 134 cm³/mol. The molecule has 1 N–H and O–H groups in total. The Kier molecular flexibility index (Phi) is 6.23. The molecule has 3 nitrogen and oxygen atoms in total. The normalized spacial score (nSPS) is 11.8.